The van der Waals surface area contributed by atoms with Crippen LogP contribution in [0.2, 0.25) is 5.02 Å². The van der Waals surface area contributed by atoms with Gasteiger partial charge in [0.05, 0.1) is 6.61 Å². The molecule has 0 atom stereocenters. The molecule has 2 aromatic rings. The van der Waals surface area contributed by atoms with Crippen molar-refractivity contribution in [3.63, 3.8) is 0 Å². The monoisotopic (exact) mass is 322 g/mol. The van der Waals surface area contributed by atoms with Crippen LogP contribution >= 0.6 is 11.6 Å². The number of ether oxygens (including phenoxy) is 1. The second-order valence-electron chi connectivity index (χ2n) is 4.88. The first-order valence-corrected chi connectivity index (χ1v) is 7.73. The molecule has 0 aliphatic carbocycles. The standard InChI is InChI=1S/C17H20ClFN2O/c1-2-3-11-22-16-10-9-15(18)14(17(16)19)12-20-21-13-7-5-4-6-8-13/h4-10,20-21H,2-3,11-12H2,1H3. The molecule has 2 aromatic carbocycles. The third-order valence-electron chi connectivity index (χ3n) is 3.18. The van der Waals surface area contributed by atoms with Crippen LogP contribution < -0.4 is 15.6 Å². The van der Waals surface area contributed by atoms with Crippen LogP contribution in [-0.2, 0) is 6.54 Å². The number of halogens is 2. The lowest BCUT2D eigenvalue weighted by Crippen LogP contribution is -2.21. The lowest BCUT2D eigenvalue weighted by atomic mass is 10.2. The number of hydrogen-bond donors (Lipinski definition) is 2. The molecule has 118 valence electrons. The Bertz CT molecular complexity index is 593. The molecule has 0 aliphatic heterocycles. The van der Waals surface area contributed by atoms with Crippen molar-refractivity contribution in [3.05, 3.63) is 58.9 Å². The number of anilines is 1. The van der Waals surface area contributed by atoms with Crippen molar-refractivity contribution in [3.8, 4) is 5.75 Å². The van der Waals surface area contributed by atoms with Gasteiger partial charge in [-0.15, -0.1) is 0 Å². The zero-order valence-corrected chi connectivity index (χ0v) is 13.3. The number of hydrazine groups is 1. The number of rotatable bonds is 8. The van der Waals surface area contributed by atoms with Gasteiger partial charge in [-0.3, -0.25) is 0 Å². The van der Waals surface area contributed by atoms with Gasteiger partial charge in [-0.1, -0.05) is 43.1 Å². The Labute approximate surface area is 135 Å². The molecule has 0 unspecified atom stereocenters. The maximum Gasteiger partial charge on any atom is 0.171 e. The summed E-state index contributed by atoms with van der Waals surface area (Å²) < 4.78 is 19.9. The minimum absolute atomic E-state index is 0.245. The van der Waals surface area contributed by atoms with Gasteiger partial charge in [0.2, 0.25) is 0 Å². The van der Waals surface area contributed by atoms with Crippen LogP contribution in [0.3, 0.4) is 0 Å². The summed E-state index contributed by atoms with van der Waals surface area (Å²) in [6.45, 7) is 2.82. The summed E-state index contributed by atoms with van der Waals surface area (Å²) in [6.07, 6.45) is 1.90. The van der Waals surface area contributed by atoms with Crippen molar-refractivity contribution in [2.24, 2.45) is 0 Å². The van der Waals surface area contributed by atoms with E-state index >= 15 is 0 Å². The zero-order chi connectivity index (χ0) is 15.8. The Morgan fingerprint density at radius 2 is 1.91 bits per heavy atom. The van der Waals surface area contributed by atoms with Crippen LogP contribution in [0.15, 0.2) is 42.5 Å². The number of benzene rings is 2. The molecule has 2 rings (SSSR count). The van der Waals surface area contributed by atoms with Gasteiger partial charge in [-0.05, 0) is 30.7 Å². The third kappa shape index (κ3) is 4.61. The molecule has 0 saturated heterocycles. The van der Waals surface area contributed by atoms with Gasteiger partial charge in [0, 0.05) is 22.8 Å². The molecular weight excluding hydrogens is 303 g/mol. The van der Waals surface area contributed by atoms with E-state index in [-0.39, 0.29) is 12.3 Å². The lowest BCUT2D eigenvalue weighted by Gasteiger charge is -2.13. The SMILES string of the molecule is CCCCOc1ccc(Cl)c(CNNc2ccccc2)c1F. The van der Waals surface area contributed by atoms with Crippen LogP contribution in [0.4, 0.5) is 10.1 Å². The number of nitrogens with one attached hydrogen (secondary N) is 2. The maximum absolute atomic E-state index is 14.4. The molecule has 0 radical (unpaired) electrons. The fourth-order valence-corrected chi connectivity index (χ4v) is 2.15. The number of para-hydroxylation sites is 1. The Morgan fingerprint density at radius 3 is 2.64 bits per heavy atom. The summed E-state index contributed by atoms with van der Waals surface area (Å²) >= 11 is 6.08. The Balaban J connectivity index is 1.98. The van der Waals surface area contributed by atoms with Gasteiger partial charge in [0.1, 0.15) is 0 Å². The van der Waals surface area contributed by atoms with E-state index in [0.29, 0.717) is 17.2 Å². The highest BCUT2D eigenvalue weighted by molar-refractivity contribution is 6.31. The first-order chi connectivity index (χ1) is 10.7. The van der Waals surface area contributed by atoms with Crippen molar-refractivity contribution in [2.45, 2.75) is 26.3 Å². The molecule has 0 spiro atoms. The van der Waals surface area contributed by atoms with Crippen LogP contribution in [-0.4, -0.2) is 6.61 Å². The van der Waals surface area contributed by atoms with Gasteiger partial charge in [0.15, 0.2) is 11.6 Å². The highest BCUT2D eigenvalue weighted by atomic mass is 35.5. The first kappa shape index (κ1) is 16.6. The summed E-state index contributed by atoms with van der Waals surface area (Å²) in [6, 6.07) is 12.8. The Morgan fingerprint density at radius 1 is 1.14 bits per heavy atom. The fraction of sp³-hybridized carbons (Fsp3) is 0.294. The first-order valence-electron chi connectivity index (χ1n) is 7.36. The predicted molar refractivity (Wildman–Crippen MR) is 88.7 cm³/mol. The van der Waals surface area contributed by atoms with E-state index in [9.17, 15) is 4.39 Å². The molecule has 22 heavy (non-hydrogen) atoms. The van der Waals surface area contributed by atoms with Gasteiger partial charge in [-0.25, -0.2) is 9.82 Å². The quantitative estimate of drug-likeness (QED) is 0.542. The van der Waals surface area contributed by atoms with E-state index in [2.05, 4.69) is 17.8 Å². The van der Waals surface area contributed by atoms with E-state index in [1.54, 1.807) is 12.1 Å². The molecule has 3 nitrogen and oxygen atoms in total. The summed E-state index contributed by atoms with van der Waals surface area (Å²) in [4.78, 5) is 0. The molecule has 5 heteroatoms. The smallest absolute Gasteiger partial charge is 0.171 e. The van der Waals surface area contributed by atoms with E-state index in [0.717, 1.165) is 18.5 Å². The van der Waals surface area contributed by atoms with Gasteiger partial charge in [0.25, 0.3) is 0 Å². The summed E-state index contributed by atoms with van der Waals surface area (Å²) in [5, 5.41) is 0.378. The van der Waals surface area contributed by atoms with Gasteiger partial charge in [-0.2, -0.15) is 0 Å². The second kappa shape index (κ2) is 8.61. The summed E-state index contributed by atoms with van der Waals surface area (Å²) in [5.74, 6) is -0.166. The Kier molecular flexibility index (Phi) is 6.49. The van der Waals surface area contributed by atoms with Crippen LogP contribution in [0.25, 0.3) is 0 Å². The normalized spacial score (nSPS) is 10.5. The summed E-state index contributed by atoms with van der Waals surface area (Å²) in [5.41, 5.74) is 7.25. The van der Waals surface area contributed by atoms with Crippen LogP contribution in [0.5, 0.6) is 5.75 Å². The van der Waals surface area contributed by atoms with Crippen molar-refractivity contribution in [1.82, 2.24) is 5.43 Å². The molecule has 2 N–H and O–H groups in total. The van der Waals surface area contributed by atoms with Crippen LogP contribution in [0.1, 0.15) is 25.3 Å². The van der Waals surface area contributed by atoms with E-state index < -0.39 is 5.82 Å². The molecule has 0 saturated carbocycles. The predicted octanol–water partition coefficient (Wildman–Crippen LogP) is 4.77. The van der Waals surface area contributed by atoms with Crippen molar-refractivity contribution in [2.75, 3.05) is 12.0 Å². The van der Waals surface area contributed by atoms with E-state index in [4.69, 9.17) is 16.3 Å². The average Bonchev–Trinajstić information content (AvgIpc) is 2.54. The Hall–Kier alpha value is -1.78. The molecule has 0 aromatic heterocycles. The fourth-order valence-electron chi connectivity index (χ4n) is 1.93. The number of unbranched alkanes of at least 4 members (excludes halogenated alkanes) is 1. The highest BCUT2D eigenvalue weighted by Gasteiger charge is 2.13. The molecule has 0 aliphatic rings. The van der Waals surface area contributed by atoms with Crippen LogP contribution in [0, 0.1) is 5.82 Å². The van der Waals surface area contributed by atoms with Crippen molar-refractivity contribution >= 4 is 17.3 Å². The minimum Gasteiger partial charge on any atom is -0.491 e. The third-order valence-corrected chi connectivity index (χ3v) is 3.53. The van der Waals surface area contributed by atoms with Crippen molar-refractivity contribution < 1.29 is 9.13 Å². The highest BCUT2D eigenvalue weighted by Crippen LogP contribution is 2.27. The van der Waals surface area contributed by atoms with E-state index in [1.165, 1.54) is 0 Å². The molecule has 0 bridgehead atoms. The average molecular weight is 323 g/mol. The van der Waals surface area contributed by atoms with Crippen molar-refractivity contribution in [1.29, 1.82) is 0 Å². The van der Waals surface area contributed by atoms with E-state index in [1.807, 2.05) is 30.3 Å². The number of hydrogen-bond acceptors (Lipinski definition) is 3. The largest absolute Gasteiger partial charge is 0.491 e. The zero-order valence-electron chi connectivity index (χ0n) is 12.5. The maximum atomic E-state index is 14.4. The summed E-state index contributed by atoms with van der Waals surface area (Å²) in [7, 11) is 0. The lowest BCUT2D eigenvalue weighted by molar-refractivity contribution is 0.293. The minimum atomic E-state index is -0.411. The topological polar surface area (TPSA) is 33.3 Å². The second-order valence-corrected chi connectivity index (χ2v) is 5.29. The van der Waals surface area contributed by atoms with Gasteiger partial charge >= 0.3 is 0 Å². The molecular formula is C17H20ClFN2O. The molecule has 0 heterocycles. The molecule has 0 fully saturated rings. The molecule has 0 amide bonds. The van der Waals surface area contributed by atoms with Gasteiger partial charge < -0.3 is 10.2 Å².